The number of methoxy groups -OCH3 is 1. The van der Waals surface area contributed by atoms with Crippen molar-refractivity contribution in [3.8, 4) is 5.75 Å². The molecule has 0 spiro atoms. The van der Waals surface area contributed by atoms with E-state index in [0.717, 1.165) is 17.7 Å². The molecule has 2 nitrogen and oxygen atoms in total. The molecule has 0 heterocycles. The first-order valence-electron chi connectivity index (χ1n) is 4.05. The molecule has 0 saturated heterocycles. The zero-order chi connectivity index (χ0) is 9.84. The Balaban J connectivity index is 3.13. The first-order chi connectivity index (χ1) is 6.19. The van der Waals surface area contributed by atoms with Gasteiger partial charge in [0.05, 0.1) is 7.11 Å². The summed E-state index contributed by atoms with van der Waals surface area (Å²) in [6.07, 6.45) is 0.821. The number of rotatable bonds is 3. The molecule has 0 atom stereocenters. The second-order valence-corrected chi connectivity index (χ2v) is 3.00. The molecule has 0 saturated carbocycles. The van der Waals surface area contributed by atoms with Gasteiger partial charge in [-0.3, -0.25) is 4.79 Å². The first kappa shape index (κ1) is 10.1. The van der Waals surface area contributed by atoms with Gasteiger partial charge in [0.15, 0.2) is 0 Å². The number of aryl methyl sites for hydroxylation is 1. The molecule has 1 rings (SSSR count). The summed E-state index contributed by atoms with van der Waals surface area (Å²) in [4.78, 5) is 10.8. The van der Waals surface area contributed by atoms with Gasteiger partial charge in [0.2, 0.25) is 0 Å². The van der Waals surface area contributed by atoms with Gasteiger partial charge >= 0.3 is 0 Å². The molecule has 1 aromatic carbocycles. The Bertz CT molecular complexity index is 321. The normalized spacial score (nSPS) is 9.77. The lowest BCUT2D eigenvalue weighted by atomic mass is 10.1. The van der Waals surface area contributed by atoms with E-state index in [-0.39, 0.29) is 0 Å². The zero-order valence-electron chi connectivity index (χ0n) is 7.63. The molecule has 0 radical (unpaired) electrons. The number of halogens is 1. The topological polar surface area (TPSA) is 26.3 Å². The average molecular weight is 199 g/mol. The maximum atomic E-state index is 10.8. The molecular formula is C10H11ClO2. The molecule has 0 aliphatic carbocycles. The van der Waals surface area contributed by atoms with Crippen molar-refractivity contribution in [2.45, 2.75) is 13.3 Å². The largest absolute Gasteiger partial charge is 0.496 e. The van der Waals surface area contributed by atoms with Crippen LogP contribution < -0.4 is 4.74 Å². The summed E-state index contributed by atoms with van der Waals surface area (Å²) in [7, 11) is 1.61. The maximum Gasteiger partial charge on any atom is 0.252 e. The van der Waals surface area contributed by atoms with E-state index in [2.05, 4.69) is 0 Å². The summed E-state index contributed by atoms with van der Waals surface area (Å²) in [6.45, 7) is 2.00. The number of hydrogen-bond acceptors (Lipinski definition) is 2. The van der Waals surface area contributed by atoms with Gasteiger partial charge in [0.25, 0.3) is 5.24 Å². The molecule has 0 aliphatic rings. The van der Waals surface area contributed by atoms with Crippen LogP contribution in [0.2, 0.25) is 0 Å². The maximum absolute atomic E-state index is 10.8. The predicted molar refractivity (Wildman–Crippen MR) is 52.6 cm³/mol. The quantitative estimate of drug-likeness (QED) is 0.698. The van der Waals surface area contributed by atoms with E-state index in [1.54, 1.807) is 25.3 Å². The molecule has 13 heavy (non-hydrogen) atoms. The Morgan fingerprint density at radius 1 is 1.54 bits per heavy atom. The molecule has 0 aromatic heterocycles. The summed E-state index contributed by atoms with van der Waals surface area (Å²) in [5.74, 6) is 0.796. The van der Waals surface area contributed by atoms with Crippen molar-refractivity contribution in [3.05, 3.63) is 29.3 Å². The van der Waals surface area contributed by atoms with Crippen LogP contribution in [-0.4, -0.2) is 12.4 Å². The third-order valence-electron chi connectivity index (χ3n) is 1.89. The highest BCUT2D eigenvalue weighted by molar-refractivity contribution is 6.67. The van der Waals surface area contributed by atoms with Crippen molar-refractivity contribution < 1.29 is 9.53 Å². The van der Waals surface area contributed by atoms with Crippen molar-refractivity contribution in [2.24, 2.45) is 0 Å². The third kappa shape index (κ3) is 2.22. The van der Waals surface area contributed by atoms with Crippen molar-refractivity contribution in [1.82, 2.24) is 0 Å². The summed E-state index contributed by atoms with van der Waals surface area (Å²) >= 11 is 5.35. The monoisotopic (exact) mass is 198 g/mol. The van der Waals surface area contributed by atoms with Crippen LogP contribution in [0.15, 0.2) is 18.2 Å². The Morgan fingerprint density at radius 3 is 2.69 bits per heavy atom. The minimum atomic E-state index is -0.433. The minimum absolute atomic E-state index is 0.433. The predicted octanol–water partition coefficient (Wildman–Crippen LogP) is 2.64. The lowest BCUT2D eigenvalue weighted by molar-refractivity contribution is 0.108. The van der Waals surface area contributed by atoms with Crippen LogP contribution in [0.3, 0.4) is 0 Å². The summed E-state index contributed by atoms with van der Waals surface area (Å²) in [6, 6.07) is 5.18. The van der Waals surface area contributed by atoms with Crippen LogP contribution in [0.5, 0.6) is 5.75 Å². The first-order valence-corrected chi connectivity index (χ1v) is 4.43. The van der Waals surface area contributed by atoms with Gasteiger partial charge in [-0.1, -0.05) is 6.92 Å². The van der Waals surface area contributed by atoms with Gasteiger partial charge in [-0.15, -0.1) is 0 Å². The number of benzene rings is 1. The van der Waals surface area contributed by atoms with Crippen molar-refractivity contribution in [3.63, 3.8) is 0 Å². The van der Waals surface area contributed by atoms with Gasteiger partial charge in [-0.2, -0.15) is 0 Å². The fraction of sp³-hybridized carbons (Fsp3) is 0.300. The molecule has 0 bridgehead atoms. The Morgan fingerprint density at radius 2 is 2.23 bits per heavy atom. The van der Waals surface area contributed by atoms with Gasteiger partial charge in [-0.25, -0.2) is 0 Å². The zero-order valence-corrected chi connectivity index (χ0v) is 8.39. The van der Waals surface area contributed by atoms with Crippen molar-refractivity contribution >= 4 is 16.8 Å². The van der Waals surface area contributed by atoms with Crippen LogP contribution in [0.1, 0.15) is 22.8 Å². The second kappa shape index (κ2) is 4.28. The Labute approximate surface area is 82.5 Å². The Hall–Kier alpha value is -1.02. The minimum Gasteiger partial charge on any atom is -0.496 e. The highest BCUT2D eigenvalue weighted by atomic mass is 35.5. The standard InChI is InChI=1S/C10H11ClO2/c1-3-7-6-8(10(11)12)4-5-9(7)13-2/h4-6H,3H2,1-2H3. The highest BCUT2D eigenvalue weighted by Gasteiger charge is 2.06. The van der Waals surface area contributed by atoms with E-state index in [9.17, 15) is 4.79 Å². The van der Waals surface area contributed by atoms with Crippen LogP contribution >= 0.6 is 11.6 Å². The second-order valence-electron chi connectivity index (χ2n) is 2.65. The third-order valence-corrected chi connectivity index (χ3v) is 2.11. The smallest absolute Gasteiger partial charge is 0.252 e. The molecule has 0 amide bonds. The number of hydrogen-bond donors (Lipinski definition) is 0. The van der Waals surface area contributed by atoms with E-state index < -0.39 is 5.24 Å². The molecule has 0 N–H and O–H groups in total. The molecule has 0 fully saturated rings. The molecule has 0 aliphatic heterocycles. The SMILES string of the molecule is CCc1cc(C(=O)Cl)ccc1OC. The van der Waals surface area contributed by atoms with E-state index in [0.29, 0.717) is 5.56 Å². The van der Waals surface area contributed by atoms with E-state index in [4.69, 9.17) is 16.3 Å². The number of ether oxygens (including phenoxy) is 1. The van der Waals surface area contributed by atoms with Crippen molar-refractivity contribution in [2.75, 3.05) is 7.11 Å². The van der Waals surface area contributed by atoms with E-state index >= 15 is 0 Å². The lowest BCUT2D eigenvalue weighted by Gasteiger charge is -2.06. The van der Waals surface area contributed by atoms with Crippen molar-refractivity contribution in [1.29, 1.82) is 0 Å². The van der Waals surface area contributed by atoms with Crippen LogP contribution in [0.4, 0.5) is 0 Å². The van der Waals surface area contributed by atoms with Gasteiger partial charge < -0.3 is 4.74 Å². The fourth-order valence-corrected chi connectivity index (χ4v) is 1.29. The fourth-order valence-electron chi connectivity index (χ4n) is 1.18. The van der Waals surface area contributed by atoms with Gasteiger partial charge in [0, 0.05) is 5.56 Å². The molecular weight excluding hydrogens is 188 g/mol. The van der Waals surface area contributed by atoms with Gasteiger partial charge in [0.1, 0.15) is 5.75 Å². The lowest BCUT2D eigenvalue weighted by Crippen LogP contribution is -1.95. The average Bonchev–Trinajstić information content (AvgIpc) is 2.16. The van der Waals surface area contributed by atoms with E-state index in [1.807, 2.05) is 6.92 Å². The molecule has 1 aromatic rings. The number of carbonyl (C=O) groups excluding carboxylic acids is 1. The van der Waals surface area contributed by atoms with Crippen LogP contribution in [0.25, 0.3) is 0 Å². The van der Waals surface area contributed by atoms with Crippen LogP contribution in [0, 0.1) is 0 Å². The molecule has 0 unspecified atom stereocenters. The molecule has 3 heteroatoms. The Kier molecular flexibility index (Phi) is 3.32. The summed E-state index contributed by atoms with van der Waals surface area (Å²) in [5, 5.41) is -0.433. The molecule has 70 valence electrons. The van der Waals surface area contributed by atoms with Crippen LogP contribution in [-0.2, 0) is 6.42 Å². The summed E-state index contributed by atoms with van der Waals surface area (Å²) in [5.41, 5.74) is 1.51. The van der Waals surface area contributed by atoms with Gasteiger partial charge in [-0.05, 0) is 41.8 Å². The number of carbonyl (C=O) groups is 1. The summed E-state index contributed by atoms with van der Waals surface area (Å²) < 4.78 is 5.12. The van der Waals surface area contributed by atoms with E-state index in [1.165, 1.54) is 0 Å². The highest BCUT2D eigenvalue weighted by Crippen LogP contribution is 2.20.